The van der Waals surface area contributed by atoms with E-state index in [1.807, 2.05) is 0 Å². The number of halogens is 1. The van der Waals surface area contributed by atoms with Crippen LogP contribution in [-0.2, 0) is 20.0 Å². The Hall–Kier alpha value is -1.89. The van der Waals surface area contributed by atoms with Crippen molar-refractivity contribution in [3.05, 3.63) is 28.8 Å². The topological polar surface area (TPSA) is 79.7 Å². The lowest BCUT2D eigenvalue weighted by atomic mass is 10.1. The zero-order chi connectivity index (χ0) is 12.7. The molecule has 94 valence electrons. The van der Waals surface area contributed by atoms with Gasteiger partial charge in [-0.05, 0) is 11.6 Å². The molecule has 0 fully saturated rings. The first-order valence-corrected chi connectivity index (χ1v) is 5.90. The van der Waals surface area contributed by atoms with Crippen molar-refractivity contribution in [2.45, 2.75) is 13.0 Å². The number of aromatic amines is 1. The number of fused-ring (bicyclic) bond motifs is 1. The zero-order valence-electron chi connectivity index (χ0n) is 9.72. The number of H-pyrrole nitrogens is 1. The fraction of sp³-hybridized carbons (Fsp3) is 0.400. The highest BCUT2D eigenvalue weighted by Crippen LogP contribution is 2.17. The largest absolute Gasteiger partial charge is 0.347 e. The number of carbonyl (C=O) groups is 1. The molecule has 0 radical (unpaired) electrons. The number of aryl methyl sites for hydroxylation is 1. The lowest BCUT2D eigenvalue weighted by Crippen LogP contribution is -2.37. The van der Waals surface area contributed by atoms with Gasteiger partial charge in [0.25, 0.3) is 5.91 Å². The number of imidazole rings is 1. The molecule has 0 bridgehead atoms. The standard InChI is InChI=1S/C10H11ClN6O/c1-16-8(14-10(11)15-16)9(18)17-3-2-6-7(4-17)13-5-12-6/h5H,2-4H2,1H3,(H,12,13). The molecule has 1 amide bonds. The first-order valence-electron chi connectivity index (χ1n) is 5.52. The van der Waals surface area contributed by atoms with Gasteiger partial charge in [-0.3, -0.25) is 4.79 Å². The molecule has 0 atom stereocenters. The molecule has 1 N–H and O–H groups in total. The van der Waals surface area contributed by atoms with Gasteiger partial charge >= 0.3 is 0 Å². The molecular weight excluding hydrogens is 256 g/mol. The van der Waals surface area contributed by atoms with Gasteiger partial charge < -0.3 is 9.88 Å². The maximum absolute atomic E-state index is 12.3. The number of nitrogens with one attached hydrogen (secondary N) is 1. The molecule has 7 nitrogen and oxygen atoms in total. The highest BCUT2D eigenvalue weighted by molar-refractivity contribution is 6.28. The van der Waals surface area contributed by atoms with Crippen LogP contribution < -0.4 is 0 Å². The third kappa shape index (κ3) is 1.76. The number of nitrogens with zero attached hydrogens (tertiary/aromatic N) is 5. The van der Waals surface area contributed by atoms with Crippen LogP contribution in [0.4, 0.5) is 0 Å². The minimum Gasteiger partial charge on any atom is -0.347 e. The predicted molar refractivity (Wildman–Crippen MR) is 63.0 cm³/mol. The molecule has 0 aliphatic carbocycles. The summed E-state index contributed by atoms with van der Waals surface area (Å²) in [4.78, 5) is 25.2. The summed E-state index contributed by atoms with van der Waals surface area (Å²) < 4.78 is 1.40. The molecule has 0 aromatic carbocycles. The van der Waals surface area contributed by atoms with Crippen LogP contribution in [-0.4, -0.2) is 42.1 Å². The average Bonchev–Trinajstić information content (AvgIpc) is 2.93. The van der Waals surface area contributed by atoms with Gasteiger partial charge in [0, 0.05) is 20.0 Å². The average molecular weight is 267 g/mol. The van der Waals surface area contributed by atoms with E-state index in [0.717, 1.165) is 17.8 Å². The quantitative estimate of drug-likeness (QED) is 0.810. The van der Waals surface area contributed by atoms with Crippen LogP contribution in [0, 0.1) is 0 Å². The Morgan fingerprint density at radius 2 is 2.39 bits per heavy atom. The third-order valence-electron chi connectivity index (χ3n) is 2.99. The second kappa shape index (κ2) is 4.09. The van der Waals surface area contributed by atoms with Gasteiger partial charge in [-0.2, -0.15) is 4.98 Å². The van der Waals surface area contributed by atoms with Crippen LogP contribution >= 0.6 is 11.6 Å². The van der Waals surface area contributed by atoms with Gasteiger partial charge in [0.05, 0.1) is 24.3 Å². The molecule has 8 heteroatoms. The van der Waals surface area contributed by atoms with E-state index in [4.69, 9.17) is 11.6 Å². The van der Waals surface area contributed by atoms with E-state index < -0.39 is 0 Å². The fourth-order valence-electron chi connectivity index (χ4n) is 2.07. The number of carbonyl (C=O) groups excluding carboxylic acids is 1. The van der Waals surface area contributed by atoms with Crippen LogP contribution in [0.1, 0.15) is 22.0 Å². The zero-order valence-corrected chi connectivity index (χ0v) is 10.5. The predicted octanol–water partition coefficient (Wildman–Crippen LogP) is 0.390. The van der Waals surface area contributed by atoms with Crippen molar-refractivity contribution in [3.8, 4) is 0 Å². The van der Waals surface area contributed by atoms with Crippen LogP contribution in [0.15, 0.2) is 6.33 Å². The normalized spacial score (nSPS) is 14.7. The lowest BCUT2D eigenvalue weighted by Gasteiger charge is -2.25. The van der Waals surface area contributed by atoms with Gasteiger partial charge in [-0.25, -0.2) is 9.67 Å². The van der Waals surface area contributed by atoms with Gasteiger partial charge in [0.2, 0.25) is 11.1 Å². The second-order valence-corrected chi connectivity index (χ2v) is 4.47. The maximum Gasteiger partial charge on any atom is 0.291 e. The van der Waals surface area contributed by atoms with E-state index in [0.29, 0.717) is 13.1 Å². The first-order chi connectivity index (χ1) is 8.65. The van der Waals surface area contributed by atoms with E-state index in [2.05, 4.69) is 20.1 Å². The number of hydrogen-bond donors (Lipinski definition) is 1. The minimum atomic E-state index is -0.169. The Morgan fingerprint density at radius 3 is 3.11 bits per heavy atom. The molecule has 18 heavy (non-hydrogen) atoms. The Kier molecular flexibility index (Phi) is 2.55. The highest BCUT2D eigenvalue weighted by atomic mass is 35.5. The molecule has 0 saturated carbocycles. The molecule has 0 saturated heterocycles. The summed E-state index contributed by atoms with van der Waals surface area (Å²) in [5, 5.41) is 3.95. The molecule has 1 aliphatic rings. The maximum atomic E-state index is 12.3. The number of aromatic nitrogens is 5. The van der Waals surface area contributed by atoms with Crippen molar-refractivity contribution < 1.29 is 4.79 Å². The van der Waals surface area contributed by atoms with Crippen molar-refractivity contribution in [3.63, 3.8) is 0 Å². The Bertz CT molecular complexity index is 603. The smallest absolute Gasteiger partial charge is 0.291 e. The number of hydrogen-bond acceptors (Lipinski definition) is 4. The van der Waals surface area contributed by atoms with Gasteiger partial charge in [0.15, 0.2) is 0 Å². The Morgan fingerprint density at radius 1 is 1.56 bits per heavy atom. The Labute approximate surface area is 108 Å². The lowest BCUT2D eigenvalue weighted by molar-refractivity contribution is 0.0714. The van der Waals surface area contributed by atoms with E-state index in [1.165, 1.54) is 4.68 Å². The monoisotopic (exact) mass is 266 g/mol. The van der Waals surface area contributed by atoms with Gasteiger partial charge in [0.1, 0.15) is 0 Å². The third-order valence-corrected chi connectivity index (χ3v) is 3.15. The summed E-state index contributed by atoms with van der Waals surface area (Å²) in [7, 11) is 1.65. The summed E-state index contributed by atoms with van der Waals surface area (Å²) in [6.45, 7) is 1.14. The first kappa shape index (κ1) is 11.2. The number of amides is 1. The van der Waals surface area contributed by atoms with Crippen LogP contribution in [0.25, 0.3) is 0 Å². The van der Waals surface area contributed by atoms with E-state index in [9.17, 15) is 4.79 Å². The molecule has 3 rings (SSSR count). The van der Waals surface area contributed by atoms with Gasteiger partial charge in [-0.15, -0.1) is 5.10 Å². The molecule has 1 aliphatic heterocycles. The summed E-state index contributed by atoms with van der Waals surface area (Å²) >= 11 is 5.68. The summed E-state index contributed by atoms with van der Waals surface area (Å²) in [6, 6.07) is 0. The van der Waals surface area contributed by atoms with E-state index in [1.54, 1.807) is 18.3 Å². The molecule has 2 aromatic rings. The van der Waals surface area contributed by atoms with Gasteiger partial charge in [-0.1, -0.05) is 0 Å². The van der Waals surface area contributed by atoms with Crippen LogP contribution in [0.5, 0.6) is 0 Å². The van der Waals surface area contributed by atoms with Crippen LogP contribution in [0.2, 0.25) is 5.28 Å². The summed E-state index contributed by atoms with van der Waals surface area (Å²) in [6.07, 6.45) is 2.40. The molecule has 0 unspecified atom stereocenters. The fourth-order valence-corrected chi connectivity index (χ4v) is 2.26. The van der Waals surface area contributed by atoms with Crippen molar-refractivity contribution >= 4 is 17.5 Å². The van der Waals surface area contributed by atoms with Crippen molar-refractivity contribution in [2.75, 3.05) is 6.54 Å². The molecule has 2 aromatic heterocycles. The molecular formula is C10H11ClN6O. The van der Waals surface area contributed by atoms with Crippen molar-refractivity contribution in [1.82, 2.24) is 29.6 Å². The van der Waals surface area contributed by atoms with Crippen molar-refractivity contribution in [2.24, 2.45) is 7.05 Å². The second-order valence-electron chi connectivity index (χ2n) is 4.13. The van der Waals surface area contributed by atoms with Crippen LogP contribution in [0.3, 0.4) is 0 Å². The number of rotatable bonds is 1. The van der Waals surface area contributed by atoms with Crippen molar-refractivity contribution in [1.29, 1.82) is 0 Å². The van der Waals surface area contributed by atoms with E-state index in [-0.39, 0.29) is 17.0 Å². The van der Waals surface area contributed by atoms with E-state index >= 15 is 0 Å². The minimum absolute atomic E-state index is 0.0834. The molecule has 3 heterocycles. The summed E-state index contributed by atoms with van der Waals surface area (Å²) in [5.41, 5.74) is 2.00. The Balaban J connectivity index is 1.85. The summed E-state index contributed by atoms with van der Waals surface area (Å²) in [5.74, 6) is 0.0834. The molecule has 0 spiro atoms. The highest BCUT2D eigenvalue weighted by Gasteiger charge is 2.26. The SMILES string of the molecule is Cn1nc(Cl)nc1C(=O)N1CCc2nc[nH]c2C1.